The van der Waals surface area contributed by atoms with Gasteiger partial charge in [0.1, 0.15) is 23.9 Å². The molecule has 0 saturated heterocycles. The number of nitrogens with one attached hydrogen (secondary N) is 1. The summed E-state index contributed by atoms with van der Waals surface area (Å²) < 4.78 is 17.8. The van der Waals surface area contributed by atoms with Crippen molar-refractivity contribution < 1.29 is 28.9 Å². The molecule has 1 heterocycles. The van der Waals surface area contributed by atoms with E-state index in [0.29, 0.717) is 36.7 Å². The SMILES string of the molecule is O=C(O)CCCCOc1ccc2c(c1)Oc1ccccc1[C@H]2NC(=O)OCC1c2ccccc2-c2ccccc21. The lowest BCUT2D eigenvalue weighted by Gasteiger charge is -2.29. The van der Waals surface area contributed by atoms with Crippen LogP contribution in [0.15, 0.2) is 91.0 Å². The number of carbonyl (C=O) groups excluding carboxylic acids is 1. The molecule has 2 N–H and O–H groups in total. The summed E-state index contributed by atoms with van der Waals surface area (Å²) in [5.41, 5.74) is 6.32. The quantitative estimate of drug-likeness (QED) is 0.223. The van der Waals surface area contributed by atoms with Crippen molar-refractivity contribution in [3.05, 3.63) is 113 Å². The normalized spacial score (nSPS) is 14.7. The topological polar surface area (TPSA) is 94.1 Å². The molecular weight excluding hydrogens is 506 g/mol. The highest BCUT2D eigenvalue weighted by molar-refractivity contribution is 5.79. The summed E-state index contributed by atoms with van der Waals surface area (Å²) in [4.78, 5) is 23.9. The molecule has 4 aromatic carbocycles. The van der Waals surface area contributed by atoms with Gasteiger partial charge in [0.25, 0.3) is 0 Å². The average Bonchev–Trinajstić information content (AvgIpc) is 3.29. The zero-order valence-corrected chi connectivity index (χ0v) is 21.8. The third-order valence-corrected chi connectivity index (χ3v) is 7.41. The molecule has 0 bridgehead atoms. The van der Waals surface area contributed by atoms with Gasteiger partial charge in [-0.05, 0) is 53.3 Å². The Morgan fingerprint density at radius 2 is 1.43 bits per heavy atom. The molecular formula is C33H29NO6. The maximum Gasteiger partial charge on any atom is 0.407 e. The van der Waals surface area contributed by atoms with E-state index in [0.717, 1.165) is 22.3 Å². The van der Waals surface area contributed by atoms with Crippen molar-refractivity contribution in [1.29, 1.82) is 0 Å². The molecule has 0 saturated carbocycles. The van der Waals surface area contributed by atoms with Crippen LogP contribution in [0.25, 0.3) is 11.1 Å². The van der Waals surface area contributed by atoms with Crippen LogP contribution in [0.4, 0.5) is 4.79 Å². The summed E-state index contributed by atoms with van der Waals surface area (Å²) in [5.74, 6) is 1.02. The van der Waals surface area contributed by atoms with E-state index in [9.17, 15) is 9.59 Å². The van der Waals surface area contributed by atoms with Crippen molar-refractivity contribution in [2.75, 3.05) is 13.2 Å². The van der Waals surface area contributed by atoms with E-state index in [-0.39, 0.29) is 18.9 Å². The Morgan fingerprint density at radius 3 is 2.15 bits per heavy atom. The number of aliphatic carboxylic acids is 1. The fraction of sp³-hybridized carbons (Fsp3) is 0.212. The average molecular weight is 536 g/mol. The Balaban J connectivity index is 1.16. The van der Waals surface area contributed by atoms with Gasteiger partial charge in [-0.15, -0.1) is 0 Å². The molecule has 2 aliphatic rings. The highest BCUT2D eigenvalue weighted by Crippen LogP contribution is 2.46. The van der Waals surface area contributed by atoms with Crippen LogP contribution in [0.3, 0.4) is 0 Å². The van der Waals surface area contributed by atoms with Crippen LogP contribution in [0.2, 0.25) is 0 Å². The number of alkyl carbamates (subject to hydrolysis) is 1. The second-order valence-electron chi connectivity index (χ2n) is 9.94. The van der Waals surface area contributed by atoms with Crippen molar-refractivity contribution in [1.82, 2.24) is 5.32 Å². The van der Waals surface area contributed by atoms with Gasteiger partial charge in [-0.1, -0.05) is 66.7 Å². The summed E-state index contributed by atoms with van der Waals surface area (Å²) >= 11 is 0. The number of carboxylic acid groups (broad SMARTS) is 1. The molecule has 0 fully saturated rings. The Labute approximate surface area is 232 Å². The van der Waals surface area contributed by atoms with Gasteiger partial charge in [-0.2, -0.15) is 0 Å². The van der Waals surface area contributed by atoms with Crippen LogP contribution >= 0.6 is 0 Å². The highest BCUT2D eigenvalue weighted by atomic mass is 16.5. The monoisotopic (exact) mass is 535 g/mol. The summed E-state index contributed by atoms with van der Waals surface area (Å²) in [6.45, 7) is 0.635. The summed E-state index contributed by atoms with van der Waals surface area (Å²) in [7, 11) is 0. The lowest BCUT2D eigenvalue weighted by molar-refractivity contribution is -0.137. The number of hydrogen-bond donors (Lipinski definition) is 2. The number of hydrogen-bond acceptors (Lipinski definition) is 5. The molecule has 202 valence electrons. The molecule has 40 heavy (non-hydrogen) atoms. The summed E-state index contributed by atoms with van der Waals surface area (Å²) in [5, 5.41) is 11.9. The van der Waals surface area contributed by atoms with Gasteiger partial charge in [0.15, 0.2) is 0 Å². The number of benzene rings is 4. The van der Waals surface area contributed by atoms with Crippen molar-refractivity contribution in [2.24, 2.45) is 0 Å². The molecule has 1 atom stereocenters. The molecule has 0 aromatic heterocycles. The van der Waals surface area contributed by atoms with Crippen LogP contribution in [0, 0.1) is 0 Å². The minimum atomic E-state index is -0.809. The predicted molar refractivity (Wildman–Crippen MR) is 150 cm³/mol. The molecule has 6 rings (SSSR count). The van der Waals surface area contributed by atoms with Gasteiger partial charge in [-0.25, -0.2) is 4.79 Å². The van der Waals surface area contributed by atoms with Gasteiger partial charge in [-0.3, -0.25) is 4.79 Å². The van der Waals surface area contributed by atoms with Crippen LogP contribution in [0.5, 0.6) is 17.2 Å². The first kappa shape index (κ1) is 25.5. The van der Waals surface area contributed by atoms with E-state index in [4.69, 9.17) is 19.3 Å². The fourth-order valence-corrected chi connectivity index (χ4v) is 5.51. The third-order valence-electron chi connectivity index (χ3n) is 7.41. The molecule has 0 unspecified atom stereocenters. The molecule has 7 heteroatoms. The molecule has 0 radical (unpaired) electrons. The molecule has 7 nitrogen and oxygen atoms in total. The molecule has 1 aliphatic carbocycles. The Bertz CT molecular complexity index is 1520. The van der Waals surface area contributed by atoms with Gasteiger partial charge < -0.3 is 24.6 Å². The molecule has 1 aliphatic heterocycles. The maximum absolute atomic E-state index is 13.2. The smallest absolute Gasteiger partial charge is 0.407 e. The number of fused-ring (bicyclic) bond motifs is 5. The van der Waals surface area contributed by atoms with E-state index < -0.39 is 18.1 Å². The number of ether oxygens (including phenoxy) is 3. The maximum atomic E-state index is 13.2. The lowest BCUT2D eigenvalue weighted by atomic mass is 9.94. The largest absolute Gasteiger partial charge is 0.493 e. The van der Waals surface area contributed by atoms with Crippen molar-refractivity contribution in [3.8, 4) is 28.4 Å². The standard InChI is InChI=1S/C33H29NO6/c35-31(36)15-7-8-18-38-21-16-17-27-30(19-21)40-29-14-6-5-13-26(29)32(27)34-33(37)39-20-28-24-11-3-1-9-22(24)23-10-2-4-12-25(23)28/h1-6,9-14,16-17,19,28,32H,7-8,15,18,20H2,(H,34,37)(H,35,36)/t32-/m1/s1. The number of carbonyl (C=O) groups is 2. The van der Waals surface area contributed by atoms with Crippen LogP contribution < -0.4 is 14.8 Å². The number of rotatable bonds is 9. The van der Waals surface area contributed by atoms with Crippen molar-refractivity contribution in [2.45, 2.75) is 31.2 Å². The van der Waals surface area contributed by atoms with E-state index in [1.54, 1.807) is 6.07 Å². The van der Waals surface area contributed by atoms with Crippen LogP contribution in [-0.2, 0) is 9.53 Å². The van der Waals surface area contributed by atoms with E-state index >= 15 is 0 Å². The summed E-state index contributed by atoms with van der Waals surface area (Å²) in [6.07, 6.45) is 0.805. The van der Waals surface area contributed by atoms with Crippen molar-refractivity contribution in [3.63, 3.8) is 0 Å². The van der Waals surface area contributed by atoms with Crippen LogP contribution in [0.1, 0.15) is 53.5 Å². The molecule has 4 aromatic rings. The minimum absolute atomic E-state index is 0.0254. The van der Waals surface area contributed by atoms with E-state index in [1.807, 2.05) is 60.7 Å². The number of unbranched alkanes of at least 4 members (excludes halogenated alkanes) is 1. The number of carboxylic acids is 1. The first-order valence-electron chi connectivity index (χ1n) is 13.5. The number of para-hydroxylation sites is 1. The Hall–Kier alpha value is -4.78. The fourth-order valence-electron chi connectivity index (χ4n) is 5.51. The number of amides is 1. The van der Waals surface area contributed by atoms with E-state index in [2.05, 4.69) is 29.6 Å². The summed E-state index contributed by atoms with van der Waals surface area (Å²) in [6, 6.07) is 29.1. The first-order chi connectivity index (χ1) is 19.6. The molecule has 0 spiro atoms. The van der Waals surface area contributed by atoms with Crippen LogP contribution in [-0.4, -0.2) is 30.4 Å². The zero-order chi connectivity index (χ0) is 27.5. The van der Waals surface area contributed by atoms with Gasteiger partial charge in [0.2, 0.25) is 0 Å². The van der Waals surface area contributed by atoms with Gasteiger partial charge >= 0.3 is 12.1 Å². The predicted octanol–water partition coefficient (Wildman–Crippen LogP) is 7.05. The van der Waals surface area contributed by atoms with E-state index in [1.165, 1.54) is 11.1 Å². The Morgan fingerprint density at radius 1 is 0.775 bits per heavy atom. The van der Waals surface area contributed by atoms with Crippen molar-refractivity contribution >= 4 is 12.1 Å². The zero-order valence-electron chi connectivity index (χ0n) is 21.8. The van der Waals surface area contributed by atoms with Gasteiger partial charge in [0.05, 0.1) is 12.6 Å². The Kier molecular flexibility index (Phi) is 7.10. The second-order valence-corrected chi connectivity index (χ2v) is 9.94. The first-order valence-corrected chi connectivity index (χ1v) is 13.5. The van der Waals surface area contributed by atoms with Gasteiger partial charge in [0, 0.05) is 29.5 Å². The second kappa shape index (κ2) is 11.1. The highest BCUT2D eigenvalue weighted by Gasteiger charge is 2.32. The minimum Gasteiger partial charge on any atom is -0.493 e. The molecule has 1 amide bonds. The third kappa shape index (κ3) is 5.10. The lowest BCUT2D eigenvalue weighted by Crippen LogP contribution is -2.32.